The molecule has 32 heavy (non-hydrogen) atoms. The van der Waals surface area contributed by atoms with Gasteiger partial charge in [-0.3, -0.25) is 0 Å². The van der Waals surface area contributed by atoms with E-state index in [0.29, 0.717) is 24.3 Å². The van der Waals surface area contributed by atoms with Crippen LogP contribution in [0.1, 0.15) is 50.1 Å². The third-order valence-corrected chi connectivity index (χ3v) is 6.55. The first-order valence-electron chi connectivity index (χ1n) is 11.2. The smallest absolute Gasteiger partial charge is 0.324 e. The molecular formula is C21H28N8O3. The van der Waals surface area contributed by atoms with E-state index in [9.17, 15) is 5.11 Å². The van der Waals surface area contributed by atoms with E-state index in [-0.39, 0.29) is 0 Å². The number of ether oxygens (including phenoxy) is 1. The van der Waals surface area contributed by atoms with Crippen molar-refractivity contribution >= 4 is 6.01 Å². The molecule has 2 fully saturated rings. The van der Waals surface area contributed by atoms with Gasteiger partial charge in [0, 0.05) is 18.7 Å². The molecule has 5 rings (SSSR count). The number of aliphatic hydroxyl groups is 1. The quantitative estimate of drug-likeness (QED) is 0.556. The fourth-order valence-electron chi connectivity index (χ4n) is 4.63. The van der Waals surface area contributed by atoms with Gasteiger partial charge in [0.1, 0.15) is 12.4 Å². The Hall–Kier alpha value is -3.08. The zero-order valence-corrected chi connectivity index (χ0v) is 18.3. The number of aromatic nitrogens is 7. The molecule has 0 bridgehead atoms. The second kappa shape index (κ2) is 8.81. The summed E-state index contributed by atoms with van der Waals surface area (Å²) in [4.78, 5) is 10.9. The minimum atomic E-state index is -0.706. The number of tetrazole rings is 1. The fourth-order valence-corrected chi connectivity index (χ4v) is 4.63. The normalized spacial score (nSPS) is 22.2. The first-order valence-corrected chi connectivity index (χ1v) is 11.2. The maximum atomic E-state index is 9.57. The Labute approximate surface area is 185 Å². The Morgan fingerprint density at radius 3 is 2.84 bits per heavy atom. The Morgan fingerprint density at radius 1 is 1.31 bits per heavy atom. The number of hydrogen-bond donors (Lipinski definition) is 1. The van der Waals surface area contributed by atoms with E-state index in [0.717, 1.165) is 61.4 Å². The van der Waals surface area contributed by atoms with Crippen LogP contribution in [0.4, 0.5) is 6.01 Å². The van der Waals surface area contributed by atoms with E-state index in [2.05, 4.69) is 35.5 Å². The molecule has 0 radical (unpaired) electrons. The number of nitrogens with zero attached hydrogens (tertiary/aromatic N) is 8. The molecule has 0 amide bonds. The van der Waals surface area contributed by atoms with Gasteiger partial charge in [0.05, 0.1) is 18.5 Å². The van der Waals surface area contributed by atoms with Gasteiger partial charge in [-0.05, 0) is 73.8 Å². The first kappa shape index (κ1) is 20.8. The molecule has 1 unspecified atom stereocenters. The van der Waals surface area contributed by atoms with Gasteiger partial charge in [-0.15, -0.1) is 5.10 Å². The summed E-state index contributed by atoms with van der Waals surface area (Å²) in [5.41, 5.74) is 1.79. The highest BCUT2D eigenvalue weighted by Crippen LogP contribution is 2.50. The minimum absolute atomic E-state index is 0.346. The second-order valence-electron chi connectivity index (χ2n) is 8.80. The molecular weight excluding hydrogens is 412 g/mol. The summed E-state index contributed by atoms with van der Waals surface area (Å²) < 4.78 is 12.8. The summed E-state index contributed by atoms with van der Waals surface area (Å²) in [6, 6.07) is 2.49. The molecule has 3 atom stereocenters. The highest BCUT2D eigenvalue weighted by molar-refractivity contribution is 5.36. The average Bonchev–Trinajstić information content (AvgIpc) is 3.19. The number of piperidine rings is 1. The number of anilines is 1. The summed E-state index contributed by atoms with van der Waals surface area (Å²) >= 11 is 0. The zero-order chi connectivity index (χ0) is 22.1. The lowest BCUT2D eigenvalue weighted by Gasteiger charge is -2.30. The molecule has 11 nitrogen and oxygen atoms in total. The monoisotopic (exact) mass is 440 g/mol. The number of aliphatic hydroxyl groups excluding tert-OH is 1. The van der Waals surface area contributed by atoms with Gasteiger partial charge < -0.3 is 19.3 Å². The van der Waals surface area contributed by atoms with Crippen LogP contribution in [0.2, 0.25) is 0 Å². The van der Waals surface area contributed by atoms with E-state index in [1.165, 1.54) is 6.42 Å². The van der Waals surface area contributed by atoms with E-state index in [1.807, 2.05) is 13.0 Å². The van der Waals surface area contributed by atoms with Crippen molar-refractivity contribution in [1.82, 2.24) is 35.3 Å². The van der Waals surface area contributed by atoms with Crippen molar-refractivity contribution in [2.24, 2.45) is 17.8 Å². The number of pyridine rings is 1. The van der Waals surface area contributed by atoms with E-state index < -0.39 is 6.10 Å². The third kappa shape index (κ3) is 4.43. The van der Waals surface area contributed by atoms with Crippen molar-refractivity contribution in [3.63, 3.8) is 0 Å². The maximum absolute atomic E-state index is 9.57. The van der Waals surface area contributed by atoms with Crippen molar-refractivity contribution in [2.45, 2.75) is 45.6 Å². The van der Waals surface area contributed by atoms with E-state index >= 15 is 0 Å². The van der Waals surface area contributed by atoms with E-state index in [1.54, 1.807) is 24.1 Å². The van der Waals surface area contributed by atoms with Crippen molar-refractivity contribution < 1.29 is 14.4 Å². The highest BCUT2D eigenvalue weighted by atomic mass is 16.5. The predicted molar refractivity (Wildman–Crippen MR) is 113 cm³/mol. The molecule has 3 aromatic rings. The van der Waals surface area contributed by atoms with Crippen LogP contribution in [-0.4, -0.2) is 60.1 Å². The molecule has 1 N–H and O–H groups in total. The summed E-state index contributed by atoms with van der Waals surface area (Å²) in [7, 11) is 0. The highest BCUT2D eigenvalue weighted by Gasteiger charge is 2.43. The van der Waals surface area contributed by atoms with Gasteiger partial charge >= 0.3 is 6.01 Å². The lowest BCUT2D eigenvalue weighted by molar-refractivity contribution is 0.184. The largest absolute Gasteiger partial charge is 0.477 e. The summed E-state index contributed by atoms with van der Waals surface area (Å²) in [6.07, 6.45) is 7.17. The van der Waals surface area contributed by atoms with Crippen LogP contribution >= 0.6 is 0 Å². The van der Waals surface area contributed by atoms with Crippen LogP contribution in [0.5, 0.6) is 5.88 Å². The summed E-state index contributed by atoms with van der Waals surface area (Å²) in [5.74, 6) is 3.28. The summed E-state index contributed by atoms with van der Waals surface area (Å²) in [5, 5.41) is 24.6. The molecule has 1 aliphatic heterocycles. The number of hydrogen-bond acceptors (Lipinski definition) is 10. The maximum Gasteiger partial charge on any atom is 0.324 e. The molecule has 4 heterocycles. The number of aryl methyl sites for hydroxylation is 1. The Bertz CT molecular complexity index is 1030. The second-order valence-corrected chi connectivity index (χ2v) is 8.80. The van der Waals surface area contributed by atoms with Crippen LogP contribution in [0.15, 0.2) is 23.1 Å². The average molecular weight is 441 g/mol. The Balaban J connectivity index is 1.05. The van der Waals surface area contributed by atoms with Crippen LogP contribution in [0.25, 0.3) is 5.69 Å². The van der Waals surface area contributed by atoms with Gasteiger partial charge in [-0.2, -0.15) is 9.67 Å². The Morgan fingerprint density at radius 2 is 2.16 bits per heavy atom. The molecule has 3 aromatic heterocycles. The molecule has 0 spiro atoms. The van der Waals surface area contributed by atoms with Crippen LogP contribution < -0.4 is 9.64 Å². The van der Waals surface area contributed by atoms with Crippen molar-refractivity contribution in [2.75, 3.05) is 24.6 Å². The van der Waals surface area contributed by atoms with Gasteiger partial charge in [0.15, 0.2) is 0 Å². The number of rotatable bonds is 8. The molecule has 11 heteroatoms. The van der Waals surface area contributed by atoms with Crippen LogP contribution in [-0.2, 0) is 0 Å². The zero-order valence-electron chi connectivity index (χ0n) is 18.3. The molecule has 1 saturated carbocycles. The van der Waals surface area contributed by atoms with Crippen molar-refractivity contribution in [3.8, 4) is 11.6 Å². The SMILES string of the molecule is Cc1cc(-n2cnnn2)cnc1OCC[C@@H]1C[C@@H]1C1CCN(c2nc(C(C)O)no2)CC1. The topological polar surface area (TPSA) is 128 Å². The van der Waals surface area contributed by atoms with Crippen LogP contribution in [0, 0.1) is 24.7 Å². The standard InChI is InChI=1S/C21H28N8O3/c1-13-9-17(29-12-23-26-27-29)11-22-20(13)31-8-5-16-10-18(16)15-3-6-28(7-4-15)21-24-19(14(2)30)25-32-21/h9,11-12,14-16,18,30H,3-8,10H2,1-2H3/t14?,16-,18-/m1/s1. The fraction of sp³-hybridized carbons (Fsp3) is 0.619. The van der Waals surface area contributed by atoms with Gasteiger partial charge in [-0.25, -0.2) is 4.98 Å². The van der Waals surface area contributed by atoms with Gasteiger partial charge in [-0.1, -0.05) is 5.16 Å². The lowest BCUT2D eigenvalue weighted by atomic mass is 9.90. The first-order chi connectivity index (χ1) is 15.6. The van der Waals surface area contributed by atoms with Gasteiger partial charge in [0.25, 0.3) is 0 Å². The van der Waals surface area contributed by atoms with Gasteiger partial charge in [0.2, 0.25) is 11.7 Å². The van der Waals surface area contributed by atoms with Crippen LogP contribution in [0.3, 0.4) is 0 Å². The Kier molecular flexibility index (Phi) is 5.73. The van der Waals surface area contributed by atoms with Crippen molar-refractivity contribution in [3.05, 3.63) is 30.0 Å². The molecule has 170 valence electrons. The summed E-state index contributed by atoms with van der Waals surface area (Å²) in [6.45, 7) is 6.14. The predicted octanol–water partition coefficient (Wildman–Crippen LogP) is 2.12. The van der Waals surface area contributed by atoms with E-state index in [4.69, 9.17) is 9.26 Å². The molecule has 1 aliphatic carbocycles. The lowest BCUT2D eigenvalue weighted by Crippen LogP contribution is -2.34. The third-order valence-electron chi connectivity index (χ3n) is 6.55. The molecule has 0 aromatic carbocycles. The molecule has 2 aliphatic rings. The van der Waals surface area contributed by atoms with Crippen molar-refractivity contribution in [1.29, 1.82) is 0 Å². The molecule has 1 saturated heterocycles. The minimum Gasteiger partial charge on any atom is -0.477 e.